The van der Waals surface area contributed by atoms with Crippen molar-refractivity contribution < 1.29 is 17.9 Å². The number of thiophene rings is 1. The van der Waals surface area contributed by atoms with Gasteiger partial charge in [-0.25, -0.2) is 0 Å². The first-order chi connectivity index (χ1) is 13.9. The lowest BCUT2D eigenvalue weighted by Gasteiger charge is -2.29. The Bertz CT molecular complexity index is 1020. The van der Waals surface area contributed by atoms with Gasteiger partial charge in [0.2, 0.25) is 5.82 Å². The standard InChI is InChI=1S/C17H19F3N7OS/c1-2-3-10-8-11-13(22-16(28-7-4-21)23-14(11)29-10)26-5-6-27-12(9-26)24-25-15(27)17(18,19)20/h8,21H,2-7,9H2,1H3/q-1. The minimum atomic E-state index is -4.53. The Kier molecular flexibility index (Phi) is 5.30. The number of rotatable bonds is 6. The summed E-state index contributed by atoms with van der Waals surface area (Å²) in [5.41, 5.74) is 7.26. The maximum atomic E-state index is 13.1. The van der Waals surface area contributed by atoms with Gasteiger partial charge in [-0.15, -0.1) is 28.1 Å². The van der Waals surface area contributed by atoms with Crippen LogP contribution in [0.15, 0.2) is 6.07 Å². The summed E-state index contributed by atoms with van der Waals surface area (Å²) in [6.45, 7) is 2.94. The predicted octanol–water partition coefficient (Wildman–Crippen LogP) is 3.71. The Labute approximate surface area is 168 Å². The lowest BCUT2D eigenvalue weighted by Crippen LogP contribution is -2.36. The maximum absolute atomic E-state index is 13.1. The van der Waals surface area contributed by atoms with E-state index >= 15 is 0 Å². The summed E-state index contributed by atoms with van der Waals surface area (Å²) in [6.07, 6.45) is -2.63. The molecule has 0 amide bonds. The number of alkyl halides is 3. The molecule has 0 unspecified atom stereocenters. The van der Waals surface area contributed by atoms with E-state index in [1.165, 1.54) is 0 Å². The molecule has 1 aliphatic rings. The quantitative estimate of drug-likeness (QED) is 0.597. The van der Waals surface area contributed by atoms with Crippen molar-refractivity contribution in [3.05, 3.63) is 28.3 Å². The number of nitrogens with zero attached hydrogens (tertiary/aromatic N) is 6. The third kappa shape index (κ3) is 3.86. The van der Waals surface area contributed by atoms with Crippen molar-refractivity contribution >= 4 is 27.4 Å². The van der Waals surface area contributed by atoms with Gasteiger partial charge in [-0.05, 0) is 12.5 Å². The minimum Gasteiger partial charge on any atom is -0.675 e. The predicted molar refractivity (Wildman–Crippen MR) is 102 cm³/mol. The molecular weight excluding hydrogens is 407 g/mol. The third-order valence-electron chi connectivity index (χ3n) is 4.54. The van der Waals surface area contributed by atoms with Crippen molar-refractivity contribution in [3.63, 3.8) is 0 Å². The zero-order valence-corrected chi connectivity index (χ0v) is 16.5. The van der Waals surface area contributed by atoms with Crippen molar-refractivity contribution in [2.45, 2.75) is 39.0 Å². The zero-order chi connectivity index (χ0) is 20.6. The molecule has 0 saturated carbocycles. The van der Waals surface area contributed by atoms with Gasteiger partial charge in [0.05, 0.1) is 18.5 Å². The van der Waals surface area contributed by atoms with Crippen molar-refractivity contribution in [1.82, 2.24) is 24.7 Å². The van der Waals surface area contributed by atoms with Gasteiger partial charge < -0.3 is 19.9 Å². The lowest BCUT2D eigenvalue weighted by atomic mass is 10.2. The smallest absolute Gasteiger partial charge is 0.451 e. The normalized spacial score (nSPS) is 14.4. The van der Waals surface area contributed by atoms with E-state index < -0.39 is 12.0 Å². The van der Waals surface area contributed by atoms with E-state index in [1.54, 1.807) is 11.3 Å². The average Bonchev–Trinajstić information content (AvgIpc) is 3.28. The monoisotopic (exact) mass is 426 g/mol. The van der Waals surface area contributed by atoms with Crippen molar-refractivity contribution in [3.8, 4) is 6.01 Å². The van der Waals surface area contributed by atoms with Crippen molar-refractivity contribution in [2.75, 3.05) is 24.6 Å². The number of ether oxygens (including phenoxy) is 1. The highest BCUT2D eigenvalue weighted by Gasteiger charge is 2.39. The van der Waals surface area contributed by atoms with Crippen LogP contribution in [-0.4, -0.2) is 44.4 Å². The molecule has 0 saturated heterocycles. The van der Waals surface area contributed by atoms with E-state index in [1.807, 2.05) is 11.0 Å². The number of nitrogens with one attached hydrogen (secondary N) is 1. The van der Waals surface area contributed by atoms with E-state index in [0.29, 0.717) is 12.4 Å². The molecule has 0 radical (unpaired) electrons. The number of fused-ring (bicyclic) bond motifs is 2. The fourth-order valence-corrected chi connectivity index (χ4v) is 4.42. The molecular formula is C17H19F3N7OS-. The molecule has 0 aliphatic carbocycles. The molecule has 29 heavy (non-hydrogen) atoms. The third-order valence-corrected chi connectivity index (χ3v) is 5.63. The molecule has 0 aromatic carbocycles. The Morgan fingerprint density at radius 3 is 2.79 bits per heavy atom. The van der Waals surface area contributed by atoms with Crippen LogP contribution < -0.4 is 9.64 Å². The van der Waals surface area contributed by atoms with Crippen LogP contribution in [0.2, 0.25) is 0 Å². The van der Waals surface area contributed by atoms with Crippen molar-refractivity contribution in [1.29, 1.82) is 0 Å². The van der Waals surface area contributed by atoms with E-state index in [9.17, 15) is 13.2 Å². The number of anilines is 1. The molecule has 0 atom stereocenters. The fourth-order valence-electron chi connectivity index (χ4n) is 3.30. The van der Waals surface area contributed by atoms with Crippen LogP contribution in [0.3, 0.4) is 0 Å². The summed E-state index contributed by atoms with van der Waals surface area (Å²) in [5.74, 6) is -0.121. The molecule has 1 aliphatic heterocycles. The first kappa shape index (κ1) is 19.8. The highest BCUT2D eigenvalue weighted by Crippen LogP contribution is 2.35. The van der Waals surface area contributed by atoms with Crippen LogP contribution in [0.4, 0.5) is 19.0 Å². The Hall–Kier alpha value is -2.47. The number of aryl methyl sites for hydroxylation is 1. The number of halogens is 3. The molecule has 0 bridgehead atoms. The minimum absolute atomic E-state index is 0.0787. The molecule has 4 heterocycles. The molecule has 3 aromatic rings. The number of hydrogen-bond acceptors (Lipinski definition) is 7. The summed E-state index contributed by atoms with van der Waals surface area (Å²) >= 11 is 1.55. The Morgan fingerprint density at radius 1 is 1.24 bits per heavy atom. The largest absolute Gasteiger partial charge is 0.675 e. The van der Waals surface area contributed by atoms with Gasteiger partial charge >= 0.3 is 12.2 Å². The maximum Gasteiger partial charge on any atom is 0.451 e. The molecule has 4 rings (SSSR count). The van der Waals surface area contributed by atoms with Crippen LogP contribution in [0.25, 0.3) is 16.0 Å². The van der Waals surface area contributed by atoms with Crippen LogP contribution in [0.5, 0.6) is 6.01 Å². The Balaban J connectivity index is 1.71. The summed E-state index contributed by atoms with van der Waals surface area (Å²) in [5, 5.41) is 7.92. The second-order valence-electron chi connectivity index (χ2n) is 6.62. The van der Waals surface area contributed by atoms with Gasteiger partial charge in [0.25, 0.3) is 0 Å². The van der Waals surface area contributed by atoms with E-state index in [2.05, 4.69) is 27.1 Å². The summed E-state index contributed by atoms with van der Waals surface area (Å²) in [7, 11) is 0. The van der Waals surface area contributed by atoms with E-state index in [0.717, 1.165) is 32.5 Å². The SMILES string of the molecule is CCCc1cc2c(N3CCn4c(nnc4C(F)(F)F)C3)nc(OCC[NH-])nc2s1. The highest BCUT2D eigenvalue weighted by molar-refractivity contribution is 7.18. The lowest BCUT2D eigenvalue weighted by molar-refractivity contribution is -0.147. The van der Waals surface area contributed by atoms with Crippen molar-refractivity contribution in [2.24, 2.45) is 0 Å². The number of hydrogen-bond donors (Lipinski definition) is 0. The average molecular weight is 426 g/mol. The van der Waals surface area contributed by atoms with Gasteiger partial charge in [-0.2, -0.15) is 23.1 Å². The van der Waals surface area contributed by atoms with Crippen LogP contribution in [-0.2, 0) is 25.7 Å². The van der Waals surface area contributed by atoms with Gasteiger partial charge in [-0.3, -0.25) is 0 Å². The van der Waals surface area contributed by atoms with E-state index in [4.69, 9.17) is 10.5 Å². The van der Waals surface area contributed by atoms with Gasteiger partial charge in [0.15, 0.2) is 5.82 Å². The van der Waals surface area contributed by atoms with Crippen LogP contribution in [0, 0.1) is 0 Å². The highest BCUT2D eigenvalue weighted by atomic mass is 32.1. The van der Waals surface area contributed by atoms with Gasteiger partial charge in [-0.1, -0.05) is 13.3 Å². The van der Waals surface area contributed by atoms with Gasteiger partial charge in [0.1, 0.15) is 10.6 Å². The summed E-state index contributed by atoms with van der Waals surface area (Å²) in [4.78, 5) is 12.8. The molecule has 3 aromatic heterocycles. The second-order valence-corrected chi connectivity index (χ2v) is 7.74. The second kappa shape index (κ2) is 7.75. The molecule has 1 N–H and O–H groups in total. The summed E-state index contributed by atoms with van der Waals surface area (Å²) < 4.78 is 45.9. The molecule has 12 heteroatoms. The fraction of sp³-hybridized carbons (Fsp3) is 0.529. The first-order valence-corrected chi connectivity index (χ1v) is 10.0. The molecule has 0 spiro atoms. The zero-order valence-electron chi connectivity index (χ0n) is 15.7. The van der Waals surface area contributed by atoms with E-state index in [-0.39, 0.29) is 38.1 Å². The topological polar surface area (TPSA) is 92.8 Å². The van der Waals surface area contributed by atoms with Gasteiger partial charge in [0, 0.05) is 18.0 Å². The van der Waals surface area contributed by atoms with Crippen LogP contribution in [0.1, 0.15) is 29.9 Å². The Morgan fingerprint density at radius 2 is 2.07 bits per heavy atom. The van der Waals surface area contributed by atoms with Crippen LogP contribution >= 0.6 is 11.3 Å². The molecule has 156 valence electrons. The summed E-state index contributed by atoms with van der Waals surface area (Å²) in [6, 6.07) is 2.21. The molecule has 8 nitrogen and oxygen atoms in total. The first-order valence-electron chi connectivity index (χ1n) is 9.22. The number of aromatic nitrogens is 5. The molecule has 0 fully saturated rings.